The molecule has 1 heterocycles. The van der Waals surface area contributed by atoms with Crippen molar-refractivity contribution in [3.8, 4) is 0 Å². The molecule has 1 aromatic carbocycles. The second-order valence-electron chi connectivity index (χ2n) is 5.06. The van der Waals surface area contributed by atoms with Crippen LogP contribution in [0, 0.1) is 13.8 Å². The number of rotatable bonds is 6. The smallest absolute Gasteiger partial charge is 0.0896 e. The highest BCUT2D eigenvalue weighted by Gasteiger charge is 2.19. The molecule has 0 radical (unpaired) electrons. The molecule has 0 fully saturated rings. The van der Waals surface area contributed by atoms with E-state index in [4.69, 9.17) is 11.6 Å². The number of aryl methyl sites for hydroxylation is 1. The predicted octanol–water partition coefficient (Wildman–Crippen LogP) is 3.74. The second kappa shape index (κ2) is 6.91. The summed E-state index contributed by atoms with van der Waals surface area (Å²) in [5, 5.41) is 8.86. The Bertz CT molecular complexity index is 548. The van der Waals surface area contributed by atoms with E-state index in [9.17, 15) is 0 Å². The zero-order valence-electron chi connectivity index (χ0n) is 12.4. The normalized spacial score (nSPS) is 12.6. The molecule has 108 valence electrons. The Morgan fingerprint density at radius 3 is 2.50 bits per heavy atom. The molecule has 1 N–H and O–H groups in total. The molecule has 4 heteroatoms. The molecule has 3 nitrogen and oxygen atoms in total. The minimum absolute atomic E-state index is 0.175. The van der Waals surface area contributed by atoms with Crippen molar-refractivity contribution in [2.24, 2.45) is 0 Å². The van der Waals surface area contributed by atoms with Gasteiger partial charge in [-0.3, -0.25) is 4.68 Å². The number of benzene rings is 1. The van der Waals surface area contributed by atoms with E-state index in [0.29, 0.717) is 0 Å². The van der Waals surface area contributed by atoms with E-state index < -0.39 is 0 Å². The van der Waals surface area contributed by atoms with Crippen LogP contribution in [-0.2, 0) is 0 Å². The number of aromatic nitrogens is 2. The quantitative estimate of drug-likeness (QED) is 0.822. The van der Waals surface area contributed by atoms with E-state index in [0.717, 1.165) is 35.9 Å². The Kier molecular flexibility index (Phi) is 5.21. The molecule has 2 aromatic rings. The SMILES string of the molecule is CCCNCC(c1ccccc1)n1nc(C)c(Cl)c1C. The maximum absolute atomic E-state index is 6.29. The largest absolute Gasteiger partial charge is 0.314 e. The third-order valence-electron chi connectivity index (χ3n) is 3.48. The van der Waals surface area contributed by atoms with Gasteiger partial charge in [0, 0.05) is 6.54 Å². The highest BCUT2D eigenvalue weighted by atomic mass is 35.5. The van der Waals surface area contributed by atoms with E-state index >= 15 is 0 Å². The lowest BCUT2D eigenvalue weighted by Gasteiger charge is -2.20. The van der Waals surface area contributed by atoms with Crippen LogP contribution >= 0.6 is 11.6 Å². The molecule has 0 spiro atoms. The fourth-order valence-electron chi connectivity index (χ4n) is 2.38. The minimum Gasteiger partial charge on any atom is -0.314 e. The van der Waals surface area contributed by atoms with Crippen molar-refractivity contribution in [3.05, 3.63) is 52.3 Å². The standard InChI is InChI=1S/C16H22ClN3/c1-4-10-18-11-15(14-8-6-5-7-9-14)20-13(3)16(17)12(2)19-20/h5-9,15,18H,4,10-11H2,1-3H3. The third kappa shape index (κ3) is 3.22. The lowest BCUT2D eigenvalue weighted by Crippen LogP contribution is -2.28. The fourth-order valence-corrected chi connectivity index (χ4v) is 2.51. The molecule has 0 saturated carbocycles. The van der Waals surface area contributed by atoms with Crippen molar-refractivity contribution < 1.29 is 0 Å². The topological polar surface area (TPSA) is 29.9 Å². The maximum Gasteiger partial charge on any atom is 0.0896 e. The average molecular weight is 292 g/mol. The Hall–Kier alpha value is -1.32. The first-order chi connectivity index (χ1) is 9.65. The van der Waals surface area contributed by atoms with Crippen LogP contribution in [0.4, 0.5) is 0 Å². The van der Waals surface area contributed by atoms with Gasteiger partial charge >= 0.3 is 0 Å². The van der Waals surface area contributed by atoms with Gasteiger partial charge in [0.2, 0.25) is 0 Å². The van der Waals surface area contributed by atoms with E-state index in [-0.39, 0.29) is 6.04 Å². The van der Waals surface area contributed by atoms with Crippen LogP contribution < -0.4 is 5.32 Å². The first kappa shape index (κ1) is 15.1. The Morgan fingerprint density at radius 2 is 1.95 bits per heavy atom. The van der Waals surface area contributed by atoms with Gasteiger partial charge in [-0.15, -0.1) is 0 Å². The first-order valence-corrected chi connectivity index (χ1v) is 7.49. The van der Waals surface area contributed by atoms with Crippen molar-refractivity contribution in [2.45, 2.75) is 33.2 Å². The second-order valence-corrected chi connectivity index (χ2v) is 5.44. The summed E-state index contributed by atoms with van der Waals surface area (Å²) in [6.45, 7) is 8.02. The summed E-state index contributed by atoms with van der Waals surface area (Å²) in [6, 6.07) is 10.6. The first-order valence-electron chi connectivity index (χ1n) is 7.12. The van der Waals surface area contributed by atoms with Gasteiger partial charge in [-0.1, -0.05) is 48.9 Å². The molecule has 1 aromatic heterocycles. The van der Waals surface area contributed by atoms with Gasteiger partial charge in [0.1, 0.15) is 0 Å². The summed E-state index contributed by atoms with van der Waals surface area (Å²) in [6.07, 6.45) is 1.12. The summed E-state index contributed by atoms with van der Waals surface area (Å²) in [7, 11) is 0. The highest BCUT2D eigenvalue weighted by molar-refractivity contribution is 6.31. The van der Waals surface area contributed by atoms with Gasteiger partial charge in [-0.05, 0) is 32.4 Å². The van der Waals surface area contributed by atoms with Crippen molar-refractivity contribution in [1.82, 2.24) is 15.1 Å². The van der Waals surface area contributed by atoms with Crippen molar-refractivity contribution >= 4 is 11.6 Å². The molecule has 0 saturated heterocycles. The van der Waals surface area contributed by atoms with Crippen LogP contribution in [-0.4, -0.2) is 22.9 Å². The molecule has 0 amide bonds. The number of hydrogen-bond acceptors (Lipinski definition) is 2. The monoisotopic (exact) mass is 291 g/mol. The van der Waals surface area contributed by atoms with E-state index in [1.807, 2.05) is 24.6 Å². The molecule has 1 unspecified atom stereocenters. The van der Waals surface area contributed by atoms with Gasteiger partial charge in [0.05, 0.1) is 22.5 Å². The lowest BCUT2D eigenvalue weighted by molar-refractivity contribution is 0.470. The Balaban J connectivity index is 2.33. The summed E-state index contributed by atoms with van der Waals surface area (Å²) in [5.74, 6) is 0. The van der Waals surface area contributed by atoms with E-state index in [1.54, 1.807) is 0 Å². The summed E-state index contributed by atoms with van der Waals surface area (Å²) in [4.78, 5) is 0. The Morgan fingerprint density at radius 1 is 1.25 bits per heavy atom. The van der Waals surface area contributed by atoms with Crippen molar-refractivity contribution in [2.75, 3.05) is 13.1 Å². The van der Waals surface area contributed by atoms with Crippen LogP contribution in [0.3, 0.4) is 0 Å². The van der Waals surface area contributed by atoms with Gasteiger partial charge in [-0.25, -0.2) is 0 Å². The molecule has 0 aliphatic heterocycles. The highest BCUT2D eigenvalue weighted by Crippen LogP contribution is 2.25. The molecule has 2 rings (SSSR count). The lowest BCUT2D eigenvalue weighted by atomic mass is 10.1. The average Bonchev–Trinajstić information content (AvgIpc) is 2.72. The minimum atomic E-state index is 0.175. The molecular weight excluding hydrogens is 270 g/mol. The van der Waals surface area contributed by atoms with Gasteiger partial charge in [-0.2, -0.15) is 5.10 Å². The molecule has 0 bridgehead atoms. The number of hydrogen-bond donors (Lipinski definition) is 1. The van der Waals surface area contributed by atoms with Crippen LogP contribution in [0.5, 0.6) is 0 Å². The molecule has 0 aliphatic rings. The maximum atomic E-state index is 6.29. The third-order valence-corrected chi connectivity index (χ3v) is 4.03. The summed E-state index contributed by atoms with van der Waals surface area (Å²) < 4.78 is 2.04. The van der Waals surface area contributed by atoms with Gasteiger partial charge in [0.15, 0.2) is 0 Å². The van der Waals surface area contributed by atoms with Crippen LogP contribution in [0.1, 0.15) is 36.3 Å². The summed E-state index contributed by atoms with van der Waals surface area (Å²) in [5.41, 5.74) is 3.16. The van der Waals surface area contributed by atoms with Crippen LogP contribution in [0.25, 0.3) is 0 Å². The zero-order valence-corrected chi connectivity index (χ0v) is 13.1. The van der Waals surface area contributed by atoms with Crippen LogP contribution in [0.2, 0.25) is 5.02 Å². The number of nitrogens with one attached hydrogen (secondary N) is 1. The van der Waals surface area contributed by atoms with Crippen molar-refractivity contribution in [3.63, 3.8) is 0 Å². The van der Waals surface area contributed by atoms with Crippen LogP contribution in [0.15, 0.2) is 30.3 Å². The van der Waals surface area contributed by atoms with Gasteiger partial charge in [0.25, 0.3) is 0 Å². The molecule has 20 heavy (non-hydrogen) atoms. The van der Waals surface area contributed by atoms with E-state index in [1.165, 1.54) is 5.56 Å². The van der Waals surface area contributed by atoms with Gasteiger partial charge < -0.3 is 5.32 Å². The molecule has 1 atom stereocenters. The predicted molar refractivity (Wildman–Crippen MR) is 84.5 cm³/mol. The van der Waals surface area contributed by atoms with E-state index in [2.05, 4.69) is 41.6 Å². The molecular formula is C16H22ClN3. The Labute approximate surface area is 126 Å². The van der Waals surface area contributed by atoms with Crippen molar-refractivity contribution in [1.29, 1.82) is 0 Å². The molecule has 0 aliphatic carbocycles. The summed E-state index contributed by atoms with van der Waals surface area (Å²) >= 11 is 6.29. The fraction of sp³-hybridized carbons (Fsp3) is 0.438. The number of nitrogens with zero attached hydrogens (tertiary/aromatic N) is 2. The zero-order chi connectivity index (χ0) is 14.5. The number of halogens is 1.